The Hall–Kier alpha value is -2.46. The first-order valence-electron chi connectivity index (χ1n) is 8.21. The maximum Gasteiger partial charge on any atom is 0.230 e. The highest BCUT2D eigenvalue weighted by Crippen LogP contribution is 2.25. The molecule has 4 heteroatoms. The molecular weight excluding hydrogens is 330 g/mol. The van der Waals surface area contributed by atoms with Crippen molar-refractivity contribution in [2.24, 2.45) is 0 Å². The molecule has 0 aliphatic rings. The fourth-order valence-corrected chi connectivity index (χ4v) is 3.52. The second-order valence-electron chi connectivity index (χ2n) is 5.82. The van der Waals surface area contributed by atoms with Gasteiger partial charge in [-0.15, -0.1) is 11.8 Å². The molecule has 1 N–H and O–H groups in total. The lowest BCUT2D eigenvalue weighted by Gasteiger charge is -2.16. The summed E-state index contributed by atoms with van der Waals surface area (Å²) in [5, 5.41) is 5.47. The maximum atomic E-state index is 12.3. The zero-order valence-corrected chi connectivity index (χ0v) is 15.2. The van der Waals surface area contributed by atoms with Crippen LogP contribution >= 0.6 is 11.8 Å². The average Bonchev–Trinajstić information content (AvgIpc) is 2.66. The van der Waals surface area contributed by atoms with Crippen LogP contribution in [0.3, 0.4) is 0 Å². The SMILES string of the molecule is COc1ccc(SCC(=O)NC(C)c2cccc3ccccc23)cc1. The number of thioether (sulfide) groups is 1. The molecule has 1 amide bonds. The van der Waals surface area contributed by atoms with Gasteiger partial charge >= 0.3 is 0 Å². The number of rotatable bonds is 6. The highest BCUT2D eigenvalue weighted by molar-refractivity contribution is 8.00. The second-order valence-corrected chi connectivity index (χ2v) is 6.87. The van der Waals surface area contributed by atoms with Crippen molar-refractivity contribution in [3.63, 3.8) is 0 Å². The zero-order valence-electron chi connectivity index (χ0n) is 14.4. The third kappa shape index (κ3) is 4.34. The van der Waals surface area contributed by atoms with Crippen LogP contribution in [-0.2, 0) is 4.79 Å². The minimum Gasteiger partial charge on any atom is -0.497 e. The highest BCUT2D eigenvalue weighted by Gasteiger charge is 2.12. The van der Waals surface area contributed by atoms with Crippen molar-refractivity contribution in [1.82, 2.24) is 5.32 Å². The van der Waals surface area contributed by atoms with E-state index in [9.17, 15) is 4.79 Å². The fraction of sp³-hybridized carbons (Fsp3) is 0.190. The van der Waals surface area contributed by atoms with Crippen LogP contribution < -0.4 is 10.1 Å². The summed E-state index contributed by atoms with van der Waals surface area (Å²) in [7, 11) is 1.64. The molecule has 0 spiro atoms. The van der Waals surface area contributed by atoms with Crippen molar-refractivity contribution >= 4 is 28.4 Å². The van der Waals surface area contributed by atoms with E-state index in [-0.39, 0.29) is 11.9 Å². The predicted octanol–water partition coefficient (Wildman–Crippen LogP) is 4.82. The van der Waals surface area contributed by atoms with Crippen LogP contribution in [0, 0.1) is 0 Å². The number of methoxy groups -OCH3 is 1. The number of ether oxygens (including phenoxy) is 1. The molecule has 0 radical (unpaired) electrons. The fourth-order valence-electron chi connectivity index (χ4n) is 2.81. The lowest BCUT2D eigenvalue weighted by atomic mass is 10.00. The maximum absolute atomic E-state index is 12.3. The van der Waals surface area contributed by atoms with Crippen LogP contribution in [-0.4, -0.2) is 18.8 Å². The molecule has 25 heavy (non-hydrogen) atoms. The van der Waals surface area contributed by atoms with Gasteiger partial charge in [0.15, 0.2) is 0 Å². The molecule has 3 aromatic carbocycles. The highest BCUT2D eigenvalue weighted by atomic mass is 32.2. The molecule has 1 atom stereocenters. The largest absolute Gasteiger partial charge is 0.497 e. The van der Waals surface area contributed by atoms with Crippen molar-refractivity contribution in [1.29, 1.82) is 0 Å². The van der Waals surface area contributed by atoms with E-state index in [0.29, 0.717) is 5.75 Å². The van der Waals surface area contributed by atoms with Gasteiger partial charge in [0, 0.05) is 4.90 Å². The summed E-state index contributed by atoms with van der Waals surface area (Å²) < 4.78 is 5.14. The number of carbonyl (C=O) groups is 1. The molecule has 0 heterocycles. The minimum absolute atomic E-state index is 0.0289. The van der Waals surface area contributed by atoms with Gasteiger partial charge in [0.2, 0.25) is 5.91 Å². The molecule has 3 rings (SSSR count). The van der Waals surface area contributed by atoms with E-state index in [4.69, 9.17) is 4.74 Å². The minimum atomic E-state index is -0.0323. The van der Waals surface area contributed by atoms with E-state index >= 15 is 0 Å². The molecule has 1 unspecified atom stereocenters. The molecule has 128 valence electrons. The Morgan fingerprint density at radius 2 is 1.76 bits per heavy atom. The molecule has 0 aliphatic carbocycles. The number of hydrogen-bond acceptors (Lipinski definition) is 3. The van der Waals surface area contributed by atoms with Gasteiger partial charge in [-0.25, -0.2) is 0 Å². The lowest BCUT2D eigenvalue weighted by molar-refractivity contribution is -0.119. The smallest absolute Gasteiger partial charge is 0.230 e. The van der Waals surface area contributed by atoms with E-state index in [0.717, 1.165) is 16.2 Å². The topological polar surface area (TPSA) is 38.3 Å². The standard InChI is InChI=1S/C21H21NO2S/c1-15(19-9-5-7-16-6-3-4-8-20(16)19)22-21(23)14-25-18-12-10-17(24-2)11-13-18/h3-13,15H,14H2,1-2H3,(H,22,23). The number of benzene rings is 3. The van der Waals surface area contributed by atoms with Gasteiger partial charge in [-0.2, -0.15) is 0 Å². The van der Waals surface area contributed by atoms with Crippen LogP contribution in [0.4, 0.5) is 0 Å². The van der Waals surface area contributed by atoms with E-state index in [1.54, 1.807) is 7.11 Å². The van der Waals surface area contributed by atoms with Crippen LogP contribution in [0.2, 0.25) is 0 Å². The Bertz CT molecular complexity index is 856. The number of carbonyl (C=O) groups excluding carboxylic acids is 1. The van der Waals surface area contributed by atoms with Crippen LogP contribution in [0.25, 0.3) is 10.8 Å². The Kier molecular flexibility index (Phi) is 5.61. The molecule has 0 saturated carbocycles. The third-order valence-corrected chi connectivity index (χ3v) is 5.11. The number of hydrogen-bond donors (Lipinski definition) is 1. The molecule has 3 nitrogen and oxygen atoms in total. The molecule has 0 aromatic heterocycles. The molecule has 3 aromatic rings. The first kappa shape index (κ1) is 17.4. The van der Waals surface area contributed by atoms with E-state index < -0.39 is 0 Å². The Morgan fingerprint density at radius 1 is 1.04 bits per heavy atom. The molecular formula is C21H21NO2S. The van der Waals surface area contributed by atoms with Crippen molar-refractivity contribution in [3.05, 3.63) is 72.3 Å². The number of fused-ring (bicyclic) bond motifs is 1. The van der Waals surface area contributed by atoms with Gasteiger partial charge < -0.3 is 10.1 Å². The molecule has 0 bridgehead atoms. The monoisotopic (exact) mass is 351 g/mol. The number of amides is 1. The third-order valence-electron chi connectivity index (χ3n) is 4.10. The summed E-state index contributed by atoms with van der Waals surface area (Å²) in [6.07, 6.45) is 0. The summed E-state index contributed by atoms with van der Waals surface area (Å²) in [5.41, 5.74) is 1.14. The average molecular weight is 351 g/mol. The number of nitrogens with one attached hydrogen (secondary N) is 1. The zero-order chi connectivity index (χ0) is 17.6. The quantitative estimate of drug-likeness (QED) is 0.647. The Balaban J connectivity index is 1.61. The Morgan fingerprint density at radius 3 is 2.52 bits per heavy atom. The summed E-state index contributed by atoms with van der Waals surface area (Å²) >= 11 is 1.52. The van der Waals surface area contributed by atoms with Crippen LogP contribution in [0.15, 0.2) is 71.6 Å². The van der Waals surface area contributed by atoms with Crippen molar-refractivity contribution < 1.29 is 9.53 Å². The van der Waals surface area contributed by atoms with Gasteiger partial charge in [0.1, 0.15) is 5.75 Å². The summed E-state index contributed by atoms with van der Waals surface area (Å²) in [4.78, 5) is 13.4. The van der Waals surface area contributed by atoms with Crippen LogP contribution in [0.5, 0.6) is 5.75 Å². The Labute approximate surface area is 152 Å². The van der Waals surface area contributed by atoms with Crippen molar-refractivity contribution in [2.75, 3.05) is 12.9 Å². The molecule has 0 saturated heterocycles. The summed E-state index contributed by atoms with van der Waals surface area (Å²) in [6.45, 7) is 2.03. The van der Waals surface area contributed by atoms with Crippen molar-refractivity contribution in [2.45, 2.75) is 17.9 Å². The summed E-state index contributed by atoms with van der Waals surface area (Å²) in [6, 6.07) is 22.1. The van der Waals surface area contributed by atoms with E-state index in [1.807, 2.05) is 49.4 Å². The van der Waals surface area contributed by atoms with E-state index in [1.165, 1.54) is 22.5 Å². The first-order chi connectivity index (χ1) is 12.2. The molecule has 0 aliphatic heterocycles. The van der Waals surface area contributed by atoms with Gasteiger partial charge in [0.25, 0.3) is 0 Å². The first-order valence-corrected chi connectivity index (χ1v) is 9.20. The van der Waals surface area contributed by atoms with Crippen molar-refractivity contribution in [3.8, 4) is 5.75 Å². The van der Waals surface area contributed by atoms with Gasteiger partial charge in [-0.05, 0) is 47.5 Å². The van der Waals surface area contributed by atoms with Gasteiger partial charge in [-0.1, -0.05) is 42.5 Å². The second kappa shape index (κ2) is 8.08. The van der Waals surface area contributed by atoms with Gasteiger partial charge in [-0.3, -0.25) is 4.79 Å². The predicted molar refractivity (Wildman–Crippen MR) is 104 cm³/mol. The normalized spacial score (nSPS) is 11.9. The van der Waals surface area contributed by atoms with E-state index in [2.05, 4.69) is 29.6 Å². The lowest BCUT2D eigenvalue weighted by Crippen LogP contribution is -2.28. The summed E-state index contributed by atoms with van der Waals surface area (Å²) in [5.74, 6) is 1.24. The van der Waals surface area contributed by atoms with Crippen LogP contribution in [0.1, 0.15) is 18.5 Å². The molecule has 0 fully saturated rings. The van der Waals surface area contributed by atoms with Gasteiger partial charge in [0.05, 0.1) is 18.9 Å².